The van der Waals surface area contributed by atoms with Crippen LogP contribution in [0.15, 0.2) is 9.00 Å². The molecule has 1 fully saturated rings. The lowest BCUT2D eigenvalue weighted by Gasteiger charge is -2.06. The highest BCUT2D eigenvalue weighted by molar-refractivity contribution is 7.91. The Morgan fingerprint density at radius 1 is 1.50 bits per heavy atom. The summed E-state index contributed by atoms with van der Waals surface area (Å²) in [6.07, 6.45) is 2.42. The molecule has 1 aliphatic carbocycles. The molecule has 0 unspecified atom stereocenters. The van der Waals surface area contributed by atoms with Crippen LogP contribution < -0.4 is 9.60 Å². The Balaban J connectivity index is 1.82. The van der Waals surface area contributed by atoms with E-state index in [0.717, 1.165) is 0 Å². The maximum absolute atomic E-state index is 11.9. The molecule has 18 heavy (non-hydrogen) atoms. The van der Waals surface area contributed by atoms with Crippen molar-refractivity contribution in [2.24, 2.45) is 5.92 Å². The summed E-state index contributed by atoms with van der Waals surface area (Å²) in [5.74, 6) is 0.666. The molecular weight excluding hydrogens is 276 g/mol. The lowest BCUT2D eigenvalue weighted by Crippen LogP contribution is -2.27. The minimum Gasteiger partial charge on any atom is -0.380 e. The fourth-order valence-electron chi connectivity index (χ4n) is 1.50. The molecule has 2 N–H and O–H groups in total. The van der Waals surface area contributed by atoms with Crippen LogP contribution in [0.4, 0.5) is 0 Å². The van der Waals surface area contributed by atoms with E-state index in [1.165, 1.54) is 12.8 Å². The van der Waals surface area contributed by atoms with Crippen molar-refractivity contribution in [3.8, 4) is 0 Å². The number of hydrogen-bond acceptors (Lipinski definition) is 5. The highest BCUT2D eigenvalue weighted by atomic mass is 32.2. The van der Waals surface area contributed by atoms with Gasteiger partial charge in [0.25, 0.3) is 10.0 Å². The van der Waals surface area contributed by atoms with Gasteiger partial charge in [-0.15, -0.1) is 0 Å². The van der Waals surface area contributed by atoms with Crippen molar-refractivity contribution in [2.75, 3.05) is 19.8 Å². The van der Waals surface area contributed by atoms with Gasteiger partial charge in [0.1, 0.15) is 0 Å². The molecule has 0 amide bonds. The van der Waals surface area contributed by atoms with Gasteiger partial charge in [0, 0.05) is 18.8 Å². The predicted octanol–water partition coefficient (Wildman–Crippen LogP) is 0.450. The van der Waals surface area contributed by atoms with E-state index in [9.17, 15) is 13.2 Å². The lowest BCUT2D eigenvalue weighted by molar-refractivity contribution is 0.129. The third-order valence-electron chi connectivity index (χ3n) is 2.61. The summed E-state index contributed by atoms with van der Waals surface area (Å²) in [6, 6.07) is 0. The van der Waals surface area contributed by atoms with E-state index in [0.29, 0.717) is 36.2 Å². The summed E-state index contributed by atoms with van der Waals surface area (Å²) in [6.45, 7) is 2.85. The molecule has 1 aliphatic rings. The zero-order valence-electron chi connectivity index (χ0n) is 10.1. The van der Waals surface area contributed by atoms with Gasteiger partial charge in [0.2, 0.25) is 0 Å². The van der Waals surface area contributed by atoms with E-state index < -0.39 is 10.0 Å². The van der Waals surface area contributed by atoms with Crippen molar-refractivity contribution in [1.82, 2.24) is 9.71 Å². The lowest BCUT2D eigenvalue weighted by atomic mass is 10.5. The van der Waals surface area contributed by atoms with E-state index in [2.05, 4.69) is 9.71 Å². The molecule has 0 aromatic carbocycles. The van der Waals surface area contributed by atoms with Gasteiger partial charge in [-0.05, 0) is 25.7 Å². The van der Waals surface area contributed by atoms with Gasteiger partial charge in [0.15, 0.2) is 4.21 Å². The average molecular weight is 292 g/mol. The van der Waals surface area contributed by atoms with Crippen LogP contribution in [0.2, 0.25) is 0 Å². The van der Waals surface area contributed by atoms with Gasteiger partial charge in [0.05, 0.1) is 6.61 Å². The van der Waals surface area contributed by atoms with Crippen molar-refractivity contribution >= 4 is 21.4 Å². The van der Waals surface area contributed by atoms with Crippen molar-refractivity contribution in [1.29, 1.82) is 0 Å². The number of H-pyrrole nitrogens is 1. The zero-order chi connectivity index (χ0) is 13.2. The second-order valence-corrected chi connectivity index (χ2v) is 7.29. The minimum atomic E-state index is -3.60. The molecule has 1 aromatic heterocycles. The molecule has 1 saturated carbocycles. The Morgan fingerprint density at radius 2 is 2.22 bits per heavy atom. The highest BCUT2D eigenvalue weighted by Crippen LogP contribution is 2.28. The van der Waals surface area contributed by atoms with E-state index in [4.69, 9.17) is 4.74 Å². The summed E-state index contributed by atoms with van der Waals surface area (Å²) in [5, 5.41) is 0. The maximum Gasteiger partial charge on any atom is 0.305 e. The molecule has 6 nitrogen and oxygen atoms in total. The number of aromatic nitrogens is 1. The third kappa shape index (κ3) is 3.64. The van der Waals surface area contributed by atoms with E-state index in [-0.39, 0.29) is 15.6 Å². The second-order valence-electron chi connectivity index (χ2n) is 4.34. The summed E-state index contributed by atoms with van der Waals surface area (Å²) < 4.78 is 31.5. The number of aryl methyl sites for hydroxylation is 1. The molecule has 102 valence electrons. The predicted molar refractivity (Wildman–Crippen MR) is 68.4 cm³/mol. The Kier molecular flexibility index (Phi) is 4.21. The molecule has 0 bridgehead atoms. The maximum atomic E-state index is 11.9. The number of rotatable bonds is 7. The van der Waals surface area contributed by atoms with Crippen LogP contribution in [-0.2, 0) is 14.8 Å². The van der Waals surface area contributed by atoms with Crippen LogP contribution in [-0.4, -0.2) is 33.2 Å². The van der Waals surface area contributed by atoms with E-state index >= 15 is 0 Å². The van der Waals surface area contributed by atoms with Gasteiger partial charge in [-0.25, -0.2) is 13.1 Å². The van der Waals surface area contributed by atoms with Crippen LogP contribution in [0.3, 0.4) is 0 Å². The number of nitrogens with one attached hydrogen (secondary N) is 2. The standard InChI is InChI=1S/C10H16N2O4S2/c1-7-9(17-10(13)12-7)18(14,15)11-4-5-16-6-8-2-3-8/h8,11H,2-6H2,1H3,(H,12,13). The number of sulfonamides is 1. The molecule has 0 spiro atoms. The Morgan fingerprint density at radius 3 is 2.78 bits per heavy atom. The fraction of sp³-hybridized carbons (Fsp3) is 0.700. The summed E-state index contributed by atoms with van der Waals surface area (Å²) in [4.78, 5) is 13.1. The van der Waals surface area contributed by atoms with Crippen molar-refractivity contribution in [3.63, 3.8) is 0 Å². The molecule has 0 atom stereocenters. The molecular formula is C10H16N2O4S2. The molecule has 1 heterocycles. The van der Waals surface area contributed by atoms with Gasteiger partial charge < -0.3 is 9.72 Å². The first-order valence-corrected chi connectivity index (χ1v) is 8.06. The molecule has 0 saturated heterocycles. The van der Waals surface area contributed by atoms with Gasteiger partial charge in [-0.2, -0.15) is 0 Å². The second kappa shape index (κ2) is 5.52. The Hall–Kier alpha value is -0.700. The van der Waals surface area contributed by atoms with Crippen LogP contribution in [0.25, 0.3) is 0 Å². The Labute approximate surface area is 109 Å². The normalized spacial score (nSPS) is 16.1. The fourth-order valence-corrected chi connectivity index (χ4v) is 3.85. The summed E-state index contributed by atoms with van der Waals surface area (Å²) >= 11 is 0.698. The van der Waals surface area contributed by atoms with Gasteiger partial charge >= 0.3 is 4.87 Å². The van der Waals surface area contributed by atoms with Crippen molar-refractivity contribution in [3.05, 3.63) is 15.4 Å². The van der Waals surface area contributed by atoms with E-state index in [1.807, 2.05) is 0 Å². The van der Waals surface area contributed by atoms with Crippen molar-refractivity contribution in [2.45, 2.75) is 24.0 Å². The zero-order valence-corrected chi connectivity index (χ0v) is 11.7. The SMILES string of the molecule is Cc1[nH]c(=O)sc1S(=O)(=O)NCCOCC1CC1. The van der Waals surface area contributed by atoms with Crippen LogP contribution in [0.1, 0.15) is 18.5 Å². The van der Waals surface area contributed by atoms with Gasteiger partial charge in [-0.1, -0.05) is 11.3 Å². The third-order valence-corrected chi connectivity index (χ3v) is 5.68. The summed E-state index contributed by atoms with van der Waals surface area (Å²) in [7, 11) is -3.60. The van der Waals surface area contributed by atoms with Crippen LogP contribution in [0, 0.1) is 12.8 Å². The topological polar surface area (TPSA) is 88.3 Å². The number of hydrogen-bond donors (Lipinski definition) is 2. The smallest absolute Gasteiger partial charge is 0.305 e. The molecule has 1 aromatic rings. The molecule has 8 heteroatoms. The molecule has 2 rings (SSSR count). The number of ether oxygens (including phenoxy) is 1. The highest BCUT2D eigenvalue weighted by Gasteiger charge is 2.22. The van der Waals surface area contributed by atoms with Crippen molar-refractivity contribution < 1.29 is 13.2 Å². The van der Waals surface area contributed by atoms with Crippen LogP contribution >= 0.6 is 11.3 Å². The first-order chi connectivity index (χ1) is 8.49. The first kappa shape index (κ1) is 13.7. The minimum absolute atomic E-state index is 0.0506. The molecule has 0 radical (unpaired) electrons. The quantitative estimate of drug-likeness (QED) is 0.714. The Bertz CT molecular complexity index is 557. The largest absolute Gasteiger partial charge is 0.380 e. The number of aromatic amines is 1. The van der Waals surface area contributed by atoms with E-state index in [1.54, 1.807) is 6.92 Å². The average Bonchev–Trinajstić information content (AvgIpc) is 3.03. The number of thiazole rings is 1. The summed E-state index contributed by atoms with van der Waals surface area (Å²) in [5.41, 5.74) is 0.372. The monoisotopic (exact) mass is 292 g/mol. The molecule has 0 aliphatic heterocycles. The first-order valence-electron chi connectivity index (χ1n) is 5.76. The van der Waals surface area contributed by atoms with Gasteiger partial charge in [-0.3, -0.25) is 4.79 Å². The van der Waals surface area contributed by atoms with Crippen LogP contribution in [0.5, 0.6) is 0 Å².